The first-order valence-electron chi connectivity index (χ1n) is 5.52. The number of fused-ring (bicyclic) bond motifs is 2. The van der Waals surface area contributed by atoms with Crippen molar-refractivity contribution in [1.82, 2.24) is 10.2 Å². The fourth-order valence-corrected chi connectivity index (χ4v) is 3.65. The number of carbonyl (C=O) groups is 2. The monoisotopic (exact) mass is 238 g/mol. The van der Waals surface area contributed by atoms with Crippen molar-refractivity contribution in [3.8, 4) is 0 Å². The molecule has 1 aliphatic carbocycles. The largest absolute Gasteiger partial charge is 0.328 e. The van der Waals surface area contributed by atoms with Crippen LogP contribution in [-0.4, -0.2) is 40.3 Å². The maximum atomic E-state index is 12.0. The molecule has 1 N–H and O–H groups in total. The number of rotatable bonds is 1. The molecule has 0 radical (unpaired) electrons. The lowest BCUT2D eigenvalue weighted by atomic mass is 9.62. The molecule has 4 fully saturated rings. The highest BCUT2D eigenvalue weighted by Gasteiger charge is 2.59. The molecule has 0 aromatic rings. The summed E-state index contributed by atoms with van der Waals surface area (Å²) in [6, 6.07) is 0. The highest BCUT2D eigenvalue weighted by Crippen LogP contribution is 2.49. The van der Waals surface area contributed by atoms with Crippen molar-refractivity contribution in [1.29, 1.82) is 0 Å². The highest BCUT2D eigenvalue weighted by atomic mass is 32.2. The molecular weight excluding hydrogens is 224 g/mol. The van der Waals surface area contributed by atoms with E-state index in [4.69, 9.17) is 0 Å². The summed E-state index contributed by atoms with van der Waals surface area (Å²) < 4.78 is 0. The van der Waals surface area contributed by atoms with Crippen LogP contribution in [-0.2, 0) is 9.59 Å². The number of carbonyl (C=O) groups excluding carboxylic acids is 2. The van der Waals surface area contributed by atoms with E-state index in [2.05, 4.69) is 11.9 Å². The van der Waals surface area contributed by atoms with Crippen LogP contribution in [0.4, 0.5) is 0 Å². The molecule has 0 aromatic heterocycles. The summed E-state index contributed by atoms with van der Waals surface area (Å²) in [6.45, 7) is 4.54. The van der Waals surface area contributed by atoms with Gasteiger partial charge in [0.1, 0.15) is 5.54 Å². The molecule has 1 saturated carbocycles. The molecule has 4 nitrogen and oxygen atoms in total. The molecule has 2 bridgehead atoms. The van der Waals surface area contributed by atoms with Gasteiger partial charge in [-0.05, 0) is 12.8 Å². The van der Waals surface area contributed by atoms with Gasteiger partial charge in [-0.1, -0.05) is 6.58 Å². The van der Waals surface area contributed by atoms with Crippen molar-refractivity contribution < 1.29 is 9.59 Å². The van der Waals surface area contributed by atoms with Crippen LogP contribution in [0.15, 0.2) is 12.3 Å². The summed E-state index contributed by atoms with van der Waals surface area (Å²) in [5, 5.41) is 2.80. The van der Waals surface area contributed by atoms with Crippen LogP contribution in [0.1, 0.15) is 12.8 Å². The third-order valence-electron chi connectivity index (χ3n) is 3.86. The molecule has 86 valence electrons. The van der Waals surface area contributed by atoms with Gasteiger partial charge in [-0.15, -0.1) is 0 Å². The Morgan fingerprint density at radius 3 is 2.81 bits per heavy atom. The summed E-state index contributed by atoms with van der Waals surface area (Å²) in [6.07, 6.45) is 1.54. The zero-order chi connectivity index (χ0) is 11.3. The minimum Gasteiger partial charge on any atom is -0.328 e. The molecule has 3 heterocycles. The fraction of sp³-hybridized carbons (Fsp3) is 0.636. The van der Waals surface area contributed by atoms with Crippen LogP contribution in [0.25, 0.3) is 0 Å². The molecule has 0 aromatic carbocycles. The molecule has 0 atom stereocenters. The fourth-order valence-electron chi connectivity index (χ4n) is 2.87. The first-order chi connectivity index (χ1) is 7.63. The normalized spacial score (nSPS) is 38.1. The molecular formula is C11H14N2O2S. The van der Waals surface area contributed by atoms with Gasteiger partial charge in [-0.25, -0.2) is 0 Å². The Hall–Kier alpha value is -0.970. The summed E-state index contributed by atoms with van der Waals surface area (Å²) in [5.41, 5.74) is 0.287. The summed E-state index contributed by atoms with van der Waals surface area (Å²) in [4.78, 5) is 25.7. The van der Waals surface area contributed by atoms with Crippen LogP contribution in [0, 0.1) is 5.92 Å². The van der Waals surface area contributed by atoms with E-state index in [-0.39, 0.29) is 11.8 Å². The predicted octanol–water partition coefficient (Wildman–Crippen LogP) is 0.354. The molecule has 4 aliphatic rings. The smallest absolute Gasteiger partial charge is 0.250 e. The maximum absolute atomic E-state index is 12.0. The Kier molecular flexibility index (Phi) is 2.08. The van der Waals surface area contributed by atoms with Crippen LogP contribution in [0.5, 0.6) is 0 Å². The van der Waals surface area contributed by atoms with E-state index in [9.17, 15) is 9.59 Å². The minimum absolute atomic E-state index is 0.0275. The number of hydrogen-bond donors (Lipinski definition) is 1. The predicted molar refractivity (Wildman–Crippen MR) is 61.8 cm³/mol. The standard InChI is InChI=1S/C11H14N2O2S/c1-7-8-4-11(5-8,10(15)12-7)13-2-3-16-6-9(13)14/h8H,1-6H2,(H,12,15). The van der Waals surface area contributed by atoms with E-state index in [1.54, 1.807) is 16.7 Å². The highest BCUT2D eigenvalue weighted by molar-refractivity contribution is 8.00. The molecule has 3 aliphatic heterocycles. The second kappa shape index (κ2) is 3.26. The molecule has 16 heavy (non-hydrogen) atoms. The second-order valence-corrected chi connectivity index (χ2v) is 5.82. The van der Waals surface area contributed by atoms with Crippen molar-refractivity contribution in [3.05, 3.63) is 12.3 Å². The Morgan fingerprint density at radius 1 is 1.44 bits per heavy atom. The van der Waals surface area contributed by atoms with Crippen LogP contribution in [0.3, 0.4) is 0 Å². The lowest BCUT2D eigenvalue weighted by Gasteiger charge is -2.57. The molecule has 4 rings (SSSR count). The van der Waals surface area contributed by atoms with E-state index in [1.165, 1.54) is 0 Å². The van der Waals surface area contributed by atoms with E-state index in [1.807, 2.05) is 0 Å². The van der Waals surface area contributed by atoms with Crippen LogP contribution < -0.4 is 5.32 Å². The van der Waals surface area contributed by atoms with Crippen LogP contribution in [0.2, 0.25) is 0 Å². The molecule has 3 saturated heterocycles. The number of amides is 2. The van der Waals surface area contributed by atoms with E-state index >= 15 is 0 Å². The van der Waals surface area contributed by atoms with Crippen molar-refractivity contribution in [2.75, 3.05) is 18.1 Å². The molecule has 0 unspecified atom stereocenters. The van der Waals surface area contributed by atoms with Gasteiger partial charge in [0.15, 0.2) is 0 Å². The first-order valence-corrected chi connectivity index (χ1v) is 6.67. The molecule has 5 heteroatoms. The van der Waals surface area contributed by atoms with E-state index < -0.39 is 5.54 Å². The average molecular weight is 238 g/mol. The number of nitrogens with zero attached hydrogens (tertiary/aromatic N) is 1. The number of hydrogen-bond acceptors (Lipinski definition) is 3. The number of nitrogens with one attached hydrogen (secondary N) is 1. The zero-order valence-corrected chi connectivity index (χ0v) is 9.81. The Balaban J connectivity index is 1.87. The Bertz CT molecular complexity index is 387. The number of allylic oxidation sites excluding steroid dienone is 1. The third-order valence-corrected chi connectivity index (χ3v) is 4.78. The average Bonchev–Trinajstić information content (AvgIpc) is 2.17. The van der Waals surface area contributed by atoms with Crippen LogP contribution >= 0.6 is 11.8 Å². The molecule has 0 spiro atoms. The summed E-state index contributed by atoms with van der Waals surface area (Å²) in [5.74, 6) is 1.91. The van der Waals surface area contributed by atoms with Gasteiger partial charge >= 0.3 is 0 Å². The zero-order valence-electron chi connectivity index (χ0n) is 8.99. The van der Waals surface area contributed by atoms with Gasteiger partial charge < -0.3 is 10.2 Å². The lowest BCUT2D eigenvalue weighted by molar-refractivity contribution is -0.159. The third kappa shape index (κ3) is 1.18. The van der Waals surface area contributed by atoms with Gasteiger partial charge in [-0.3, -0.25) is 9.59 Å². The van der Waals surface area contributed by atoms with Gasteiger partial charge in [-0.2, -0.15) is 11.8 Å². The Labute approximate surface area is 98.4 Å². The van der Waals surface area contributed by atoms with Crippen molar-refractivity contribution >= 4 is 23.6 Å². The minimum atomic E-state index is -0.538. The first kappa shape index (κ1) is 10.2. The summed E-state index contributed by atoms with van der Waals surface area (Å²) >= 11 is 1.65. The van der Waals surface area contributed by atoms with E-state index in [0.717, 1.165) is 24.3 Å². The van der Waals surface area contributed by atoms with Gasteiger partial charge in [0.2, 0.25) is 11.8 Å². The van der Waals surface area contributed by atoms with Gasteiger partial charge in [0.05, 0.1) is 5.75 Å². The summed E-state index contributed by atoms with van der Waals surface area (Å²) in [7, 11) is 0. The second-order valence-electron chi connectivity index (χ2n) is 4.71. The SMILES string of the molecule is C=C1NC(=O)C2(N3CCSCC3=O)CC1C2. The molecule has 2 amide bonds. The maximum Gasteiger partial charge on any atom is 0.250 e. The Morgan fingerprint density at radius 2 is 2.19 bits per heavy atom. The number of thioether (sulfide) groups is 1. The number of piperidine rings is 2. The van der Waals surface area contributed by atoms with Gasteiger partial charge in [0.25, 0.3) is 0 Å². The topological polar surface area (TPSA) is 49.4 Å². The van der Waals surface area contributed by atoms with Crippen molar-refractivity contribution in [2.24, 2.45) is 5.92 Å². The quantitative estimate of drug-likeness (QED) is 0.717. The van der Waals surface area contributed by atoms with Crippen molar-refractivity contribution in [3.63, 3.8) is 0 Å². The van der Waals surface area contributed by atoms with E-state index in [0.29, 0.717) is 18.2 Å². The van der Waals surface area contributed by atoms with Gasteiger partial charge in [0, 0.05) is 23.9 Å². The van der Waals surface area contributed by atoms with Crippen molar-refractivity contribution in [2.45, 2.75) is 18.4 Å². The lowest BCUT2D eigenvalue weighted by Crippen LogP contribution is -2.72.